The first-order valence-corrected chi connectivity index (χ1v) is 9.18. The summed E-state index contributed by atoms with van der Waals surface area (Å²) in [6.07, 6.45) is 3.49. The minimum atomic E-state index is -0.382. The van der Waals surface area contributed by atoms with E-state index in [1.165, 1.54) is 24.3 Å². The van der Waals surface area contributed by atoms with Gasteiger partial charge in [0.1, 0.15) is 11.6 Å². The molecule has 0 saturated carbocycles. The number of nitrogens with one attached hydrogen (secondary N) is 2. The molecule has 0 unspecified atom stereocenters. The molecule has 1 aromatic heterocycles. The van der Waals surface area contributed by atoms with E-state index in [-0.39, 0.29) is 23.5 Å². The van der Waals surface area contributed by atoms with Gasteiger partial charge >= 0.3 is 0 Å². The fraction of sp³-hybridized carbons (Fsp3) is 0.400. The Morgan fingerprint density at radius 2 is 1.93 bits per heavy atom. The van der Waals surface area contributed by atoms with Crippen LogP contribution in [0.4, 0.5) is 4.39 Å². The molecule has 0 spiro atoms. The summed E-state index contributed by atoms with van der Waals surface area (Å²) < 4.78 is 18.2. The quantitative estimate of drug-likeness (QED) is 0.730. The molecule has 1 aromatic carbocycles. The molecule has 7 heteroatoms. The van der Waals surface area contributed by atoms with Gasteiger partial charge in [-0.3, -0.25) is 14.5 Å². The molecule has 27 heavy (non-hydrogen) atoms. The van der Waals surface area contributed by atoms with Crippen LogP contribution >= 0.6 is 0 Å². The zero-order valence-electron chi connectivity index (χ0n) is 15.1. The normalized spacial score (nSPS) is 17.4. The highest BCUT2D eigenvalue weighted by molar-refractivity contribution is 5.94. The lowest BCUT2D eigenvalue weighted by molar-refractivity contribution is -0.126. The van der Waals surface area contributed by atoms with E-state index >= 15 is 0 Å². The van der Waals surface area contributed by atoms with Gasteiger partial charge in [-0.25, -0.2) is 4.39 Å². The van der Waals surface area contributed by atoms with Crippen LogP contribution in [-0.2, 0) is 11.3 Å². The van der Waals surface area contributed by atoms with Crippen LogP contribution in [0.1, 0.15) is 29.0 Å². The van der Waals surface area contributed by atoms with E-state index in [0.29, 0.717) is 31.7 Å². The van der Waals surface area contributed by atoms with Gasteiger partial charge in [0, 0.05) is 25.2 Å². The SMILES string of the molecule is O=C(NCCNC(=O)[C@@H]1CCCN(Cc2ccco2)C1)c1ccc(F)cc1. The molecule has 6 nitrogen and oxygen atoms in total. The van der Waals surface area contributed by atoms with Crippen LogP contribution in [0.15, 0.2) is 47.1 Å². The van der Waals surface area contributed by atoms with Crippen molar-refractivity contribution in [3.63, 3.8) is 0 Å². The second-order valence-corrected chi connectivity index (χ2v) is 6.71. The van der Waals surface area contributed by atoms with Gasteiger partial charge in [0.05, 0.1) is 18.7 Å². The summed E-state index contributed by atoms with van der Waals surface area (Å²) in [6, 6.07) is 9.15. The third kappa shape index (κ3) is 5.65. The Kier molecular flexibility index (Phi) is 6.59. The van der Waals surface area contributed by atoms with E-state index in [1.54, 1.807) is 6.26 Å². The predicted octanol–water partition coefficient (Wildman–Crippen LogP) is 2.18. The van der Waals surface area contributed by atoms with Crippen LogP contribution in [-0.4, -0.2) is 42.9 Å². The summed E-state index contributed by atoms with van der Waals surface area (Å²) in [5.41, 5.74) is 0.392. The highest BCUT2D eigenvalue weighted by Gasteiger charge is 2.25. The van der Waals surface area contributed by atoms with Crippen molar-refractivity contribution in [3.8, 4) is 0 Å². The van der Waals surface area contributed by atoms with Crippen molar-refractivity contribution in [2.75, 3.05) is 26.2 Å². The third-order valence-corrected chi connectivity index (χ3v) is 4.65. The van der Waals surface area contributed by atoms with Crippen molar-refractivity contribution >= 4 is 11.8 Å². The molecule has 0 bridgehead atoms. The van der Waals surface area contributed by atoms with Gasteiger partial charge in [-0.15, -0.1) is 0 Å². The van der Waals surface area contributed by atoms with Crippen LogP contribution in [0.2, 0.25) is 0 Å². The molecule has 1 fully saturated rings. The standard InChI is InChI=1S/C20H24FN3O3/c21-17-7-5-15(6-8-17)19(25)22-9-10-23-20(26)16-3-1-11-24(13-16)14-18-4-2-12-27-18/h2,4-8,12,16H,1,3,9-11,13-14H2,(H,22,25)(H,23,26)/t16-/m1/s1. The number of carbonyl (C=O) groups excluding carboxylic acids is 2. The minimum absolute atomic E-state index is 0.00942. The number of furan rings is 1. The Balaban J connectivity index is 1.37. The van der Waals surface area contributed by atoms with Crippen LogP contribution in [0, 0.1) is 11.7 Å². The van der Waals surface area contributed by atoms with Gasteiger partial charge in [0.2, 0.25) is 5.91 Å². The monoisotopic (exact) mass is 373 g/mol. The number of carbonyl (C=O) groups is 2. The molecular weight excluding hydrogens is 349 g/mol. The van der Waals surface area contributed by atoms with Gasteiger partial charge in [-0.1, -0.05) is 0 Å². The minimum Gasteiger partial charge on any atom is -0.468 e. The first kappa shape index (κ1) is 19.1. The molecule has 2 amide bonds. The number of halogens is 1. The van der Waals surface area contributed by atoms with Gasteiger partial charge in [-0.05, 0) is 55.8 Å². The van der Waals surface area contributed by atoms with E-state index < -0.39 is 0 Å². The molecular formula is C20H24FN3O3. The molecule has 2 aromatic rings. The van der Waals surface area contributed by atoms with Gasteiger partial charge < -0.3 is 15.1 Å². The summed E-state index contributed by atoms with van der Waals surface area (Å²) in [6.45, 7) is 3.06. The first-order valence-electron chi connectivity index (χ1n) is 9.18. The van der Waals surface area contributed by atoms with Crippen molar-refractivity contribution in [1.29, 1.82) is 0 Å². The number of hydrogen-bond donors (Lipinski definition) is 2. The number of nitrogens with zero attached hydrogens (tertiary/aromatic N) is 1. The van der Waals surface area contributed by atoms with E-state index in [2.05, 4.69) is 15.5 Å². The van der Waals surface area contributed by atoms with Crippen molar-refractivity contribution < 1.29 is 18.4 Å². The maximum Gasteiger partial charge on any atom is 0.251 e. The van der Waals surface area contributed by atoms with Gasteiger partial charge in [0.15, 0.2) is 0 Å². The first-order chi connectivity index (χ1) is 13.1. The van der Waals surface area contributed by atoms with Crippen LogP contribution in [0.3, 0.4) is 0 Å². The molecule has 1 aliphatic heterocycles. The molecule has 1 atom stereocenters. The smallest absolute Gasteiger partial charge is 0.251 e. The van der Waals surface area contributed by atoms with Gasteiger partial charge in [-0.2, -0.15) is 0 Å². The summed E-state index contributed by atoms with van der Waals surface area (Å²) in [5, 5.41) is 5.60. The number of benzene rings is 1. The van der Waals surface area contributed by atoms with Crippen molar-refractivity contribution in [1.82, 2.24) is 15.5 Å². The zero-order valence-corrected chi connectivity index (χ0v) is 15.1. The van der Waals surface area contributed by atoms with Crippen molar-refractivity contribution in [2.45, 2.75) is 19.4 Å². The summed E-state index contributed by atoms with van der Waals surface area (Å²) in [4.78, 5) is 26.5. The maximum absolute atomic E-state index is 12.9. The summed E-state index contributed by atoms with van der Waals surface area (Å²) in [7, 11) is 0. The van der Waals surface area contributed by atoms with Crippen LogP contribution in [0.5, 0.6) is 0 Å². The lowest BCUT2D eigenvalue weighted by atomic mass is 9.97. The average molecular weight is 373 g/mol. The van der Waals surface area contributed by atoms with E-state index in [0.717, 1.165) is 25.1 Å². The number of rotatable bonds is 7. The fourth-order valence-electron chi connectivity index (χ4n) is 3.25. The zero-order chi connectivity index (χ0) is 19.1. The number of piperidine rings is 1. The Labute approximate surface area is 157 Å². The Bertz CT molecular complexity index is 746. The third-order valence-electron chi connectivity index (χ3n) is 4.65. The maximum atomic E-state index is 12.9. The predicted molar refractivity (Wildman–Crippen MR) is 98.5 cm³/mol. The van der Waals surface area contributed by atoms with Crippen molar-refractivity contribution in [2.24, 2.45) is 5.92 Å². The van der Waals surface area contributed by atoms with Crippen LogP contribution < -0.4 is 10.6 Å². The van der Waals surface area contributed by atoms with Gasteiger partial charge in [0.25, 0.3) is 5.91 Å². The molecule has 1 saturated heterocycles. The molecule has 2 N–H and O–H groups in total. The highest BCUT2D eigenvalue weighted by atomic mass is 19.1. The Hall–Kier alpha value is -2.67. The lowest BCUT2D eigenvalue weighted by Crippen LogP contribution is -2.44. The lowest BCUT2D eigenvalue weighted by Gasteiger charge is -2.31. The second kappa shape index (κ2) is 9.32. The van der Waals surface area contributed by atoms with Crippen LogP contribution in [0.25, 0.3) is 0 Å². The Morgan fingerprint density at radius 1 is 1.15 bits per heavy atom. The Morgan fingerprint density at radius 3 is 2.67 bits per heavy atom. The topological polar surface area (TPSA) is 74.6 Å². The molecule has 3 rings (SSSR count). The van der Waals surface area contributed by atoms with Crippen molar-refractivity contribution in [3.05, 3.63) is 59.8 Å². The number of amides is 2. The number of likely N-dealkylation sites (tertiary alicyclic amines) is 1. The fourth-order valence-corrected chi connectivity index (χ4v) is 3.25. The van der Waals surface area contributed by atoms with E-state index in [4.69, 9.17) is 4.42 Å². The molecule has 0 aliphatic carbocycles. The molecule has 144 valence electrons. The van der Waals surface area contributed by atoms with E-state index in [1.807, 2.05) is 12.1 Å². The average Bonchev–Trinajstić information content (AvgIpc) is 3.18. The summed E-state index contributed by atoms with van der Waals surface area (Å²) >= 11 is 0. The molecule has 2 heterocycles. The highest BCUT2D eigenvalue weighted by Crippen LogP contribution is 2.18. The van der Waals surface area contributed by atoms with E-state index in [9.17, 15) is 14.0 Å². The summed E-state index contributed by atoms with van der Waals surface area (Å²) in [5.74, 6) is 0.190. The second-order valence-electron chi connectivity index (χ2n) is 6.71. The number of hydrogen-bond acceptors (Lipinski definition) is 4. The molecule has 0 radical (unpaired) electrons. The molecule has 1 aliphatic rings. The largest absolute Gasteiger partial charge is 0.468 e.